The SMILES string of the molecule is COC(=O)c1ccccc1NC(=O)c1c(NC(=O)Cc2ccc(OC)cc2)sc2c1CCC(C(C)(C)C)C2. The van der Waals surface area contributed by atoms with Gasteiger partial charge in [0.1, 0.15) is 10.8 Å². The zero-order chi connectivity index (χ0) is 27.4. The normalized spacial score (nSPS) is 14.8. The van der Waals surface area contributed by atoms with Crippen LogP contribution in [0, 0.1) is 11.3 Å². The molecule has 1 unspecified atom stereocenters. The van der Waals surface area contributed by atoms with E-state index in [9.17, 15) is 14.4 Å². The van der Waals surface area contributed by atoms with Gasteiger partial charge in [0.05, 0.1) is 37.5 Å². The smallest absolute Gasteiger partial charge is 0.339 e. The molecule has 1 aromatic heterocycles. The van der Waals surface area contributed by atoms with Gasteiger partial charge in [0, 0.05) is 4.88 Å². The second-order valence-electron chi connectivity index (χ2n) is 10.6. The van der Waals surface area contributed by atoms with Gasteiger partial charge in [-0.3, -0.25) is 9.59 Å². The summed E-state index contributed by atoms with van der Waals surface area (Å²) in [4.78, 5) is 40.1. The zero-order valence-corrected chi connectivity index (χ0v) is 23.3. The van der Waals surface area contributed by atoms with Crippen LogP contribution >= 0.6 is 11.3 Å². The Balaban J connectivity index is 1.64. The summed E-state index contributed by atoms with van der Waals surface area (Å²) < 4.78 is 10.1. The summed E-state index contributed by atoms with van der Waals surface area (Å²) in [7, 11) is 2.90. The molecule has 2 aromatic carbocycles. The van der Waals surface area contributed by atoms with E-state index in [0.717, 1.165) is 41.0 Å². The molecule has 0 fully saturated rings. The Labute approximate surface area is 227 Å². The maximum absolute atomic E-state index is 13.7. The van der Waals surface area contributed by atoms with E-state index in [1.165, 1.54) is 18.4 Å². The van der Waals surface area contributed by atoms with Crippen LogP contribution in [0.4, 0.5) is 10.7 Å². The number of amides is 2. The molecule has 8 heteroatoms. The molecule has 0 radical (unpaired) electrons. The summed E-state index contributed by atoms with van der Waals surface area (Å²) in [5.74, 6) is 0.111. The molecule has 0 spiro atoms. The van der Waals surface area contributed by atoms with Crippen LogP contribution in [-0.2, 0) is 28.8 Å². The summed E-state index contributed by atoms with van der Waals surface area (Å²) in [5.41, 5.74) is 3.06. The van der Waals surface area contributed by atoms with Crippen LogP contribution in [0.2, 0.25) is 0 Å². The van der Waals surface area contributed by atoms with E-state index in [1.54, 1.807) is 31.4 Å². The molecule has 2 N–H and O–H groups in total. The van der Waals surface area contributed by atoms with Crippen LogP contribution in [0.15, 0.2) is 48.5 Å². The molecule has 0 aliphatic heterocycles. The number of fused-ring (bicyclic) bond motifs is 1. The molecule has 1 heterocycles. The van der Waals surface area contributed by atoms with Crippen molar-refractivity contribution in [1.29, 1.82) is 0 Å². The Morgan fingerprint density at radius 2 is 1.71 bits per heavy atom. The predicted octanol–water partition coefficient (Wildman–Crippen LogP) is 6.13. The third-order valence-corrected chi connectivity index (χ3v) is 8.24. The van der Waals surface area contributed by atoms with E-state index in [0.29, 0.717) is 22.2 Å². The van der Waals surface area contributed by atoms with Crippen molar-refractivity contribution in [2.45, 2.75) is 46.5 Å². The molecule has 4 rings (SSSR count). The van der Waals surface area contributed by atoms with Gasteiger partial charge in [0.25, 0.3) is 5.91 Å². The van der Waals surface area contributed by atoms with Crippen LogP contribution in [-0.4, -0.2) is 32.0 Å². The van der Waals surface area contributed by atoms with Gasteiger partial charge in [-0.25, -0.2) is 4.79 Å². The molecule has 1 aliphatic carbocycles. The first-order valence-electron chi connectivity index (χ1n) is 12.7. The summed E-state index contributed by atoms with van der Waals surface area (Å²) in [6, 6.07) is 14.1. The molecular formula is C30H34N2O5S. The average molecular weight is 535 g/mol. The number of ether oxygens (including phenoxy) is 2. The average Bonchev–Trinajstić information content (AvgIpc) is 3.25. The monoisotopic (exact) mass is 534 g/mol. The molecule has 38 heavy (non-hydrogen) atoms. The van der Waals surface area contributed by atoms with Gasteiger partial charge < -0.3 is 20.1 Å². The lowest BCUT2D eigenvalue weighted by Gasteiger charge is -2.33. The van der Waals surface area contributed by atoms with Gasteiger partial charge in [-0.05, 0) is 66.0 Å². The minimum Gasteiger partial charge on any atom is -0.497 e. The highest BCUT2D eigenvalue weighted by molar-refractivity contribution is 7.17. The van der Waals surface area contributed by atoms with E-state index in [2.05, 4.69) is 31.4 Å². The van der Waals surface area contributed by atoms with E-state index < -0.39 is 5.97 Å². The summed E-state index contributed by atoms with van der Waals surface area (Å²) in [6.07, 6.45) is 2.75. The lowest BCUT2D eigenvalue weighted by Crippen LogP contribution is -2.27. The van der Waals surface area contributed by atoms with Crippen molar-refractivity contribution in [3.63, 3.8) is 0 Å². The van der Waals surface area contributed by atoms with E-state index in [4.69, 9.17) is 9.47 Å². The fourth-order valence-corrected chi connectivity index (χ4v) is 6.16. The number of rotatable bonds is 7. The largest absolute Gasteiger partial charge is 0.497 e. The first kappa shape index (κ1) is 27.4. The van der Waals surface area contributed by atoms with Gasteiger partial charge >= 0.3 is 5.97 Å². The second kappa shape index (κ2) is 11.4. The number of anilines is 2. The standard InChI is InChI=1S/C30H34N2O5S/c1-30(2,3)19-12-15-22-24(17-19)38-28(32-25(33)16-18-10-13-20(36-4)14-11-18)26(22)27(34)31-23-9-7-6-8-21(23)29(35)37-5/h6-11,13-14,19H,12,15-17H2,1-5H3,(H,31,34)(H,32,33). The molecule has 0 bridgehead atoms. The summed E-state index contributed by atoms with van der Waals surface area (Å²) in [5, 5.41) is 6.45. The van der Waals surface area contributed by atoms with Crippen molar-refractivity contribution in [2.75, 3.05) is 24.9 Å². The minimum atomic E-state index is -0.533. The molecule has 200 valence electrons. The fourth-order valence-electron chi connectivity index (χ4n) is 4.82. The van der Waals surface area contributed by atoms with Crippen LogP contribution in [0.5, 0.6) is 5.75 Å². The van der Waals surface area contributed by atoms with Crippen molar-refractivity contribution in [1.82, 2.24) is 0 Å². The van der Waals surface area contributed by atoms with E-state index >= 15 is 0 Å². The van der Waals surface area contributed by atoms with Gasteiger partial charge in [0.15, 0.2) is 0 Å². The van der Waals surface area contributed by atoms with Crippen molar-refractivity contribution >= 4 is 39.8 Å². The number of methoxy groups -OCH3 is 2. The highest BCUT2D eigenvalue weighted by atomic mass is 32.1. The third-order valence-electron chi connectivity index (χ3n) is 7.07. The highest BCUT2D eigenvalue weighted by Crippen LogP contribution is 2.44. The number of benzene rings is 2. The number of carbonyl (C=O) groups excluding carboxylic acids is 3. The molecule has 0 saturated heterocycles. The summed E-state index contributed by atoms with van der Waals surface area (Å²) in [6.45, 7) is 6.72. The number of hydrogen-bond donors (Lipinski definition) is 2. The van der Waals surface area contributed by atoms with Gasteiger partial charge in [-0.15, -0.1) is 11.3 Å². The van der Waals surface area contributed by atoms with Crippen molar-refractivity contribution < 1.29 is 23.9 Å². The van der Waals surface area contributed by atoms with Crippen LogP contribution in [0.3, 0.4) is 0 Å². The predicted molar refractivity (Wildman–Crippen MR) is 150 cm³/mol. The Morgan fingerprint density at radius 1 is 1.00 bits per heavy atom. The van der Waals surface area contributed by atoms with Gasteiger partial charge in [0.2, 0.25) is 5.91 Å². The maximum Gasteiger partial charge on any atom is 0.339 e. The highest BCUT2D eigenvalue weighted by Gasteiger charge is 2.34. The quantitative estimate of drug-likeness (QED) is 0.356. The van der Waals surface area contributed by atoms with Crippen LogP contribution in [0.1, 0.15) is 63.9 Å². The molecule has 2 amide bonds. The molecule has 7 nitrogen and oxygen atoms in total. The number of thiophene rings is 1. The van der Waals surface area contributed by atoms with Crippen LogP contribution in [0.25, 0.3) is 0 Å². The maximum atomic E-state index is 13.7. The Bertz CT molecular complexity index is 1340. The van der Waals surface area contributed by atoms with E-state index in [-0.39, 0.29) is 29.2 Å². The summed E-state index contributed by atoms with van der Waals surface area (Å²) >= 11 is 1.48. The minimum absolute atomic E-state index is 0.140. The molecule has 1 aliphatic rings. The number of nitrogens with one attached hydrogen (secondary N) is 2. The van der Waals surface area contributed by atoms with E-state index in [1.807, 2.05) is 24.3 Å². The fraction of sp³-hybridized carbons (Fsp3) is 0.367. The number of esters is 1. The molecule has 1 atom stereocenters. The Morgan fingerprint density at radius 3 is 2.37 bits per heavy atom. The number of carbonyl (C=O) groups is 3. The number of hydrogen-bond acceptors (Lipinski definition) is 6. The second-order valence-corrected chi connectivity index (χ2v) is 11.7. The zero-order valence-electron chi connectivity index (χ0n) is 22.5. The Kier molecular flexibility index (Phi) is 8.21. The van der Waals surface area contributed by atoms with Crippen LogP contribution < -0.4 is 15.4 Å². The molecule has 0 saturated carbocycles. The van der Waals surface area contributed by atoms with Crippen molar-refractivity contribution in [3.8, 4) is 5.75 Å². The lowest BCUT2D eigenvalue weighted by atomic mass is 9.72. The lowest BCUT2D eigenvalue weighted by molar-refractivity contribution is -0.115. The first-order chi connectivity index (χ1) is 18.1. The third kappa shape index (κ3) is 6.07. The molecule has 3 aromatic rings. The van der Waals surface area contributed by atoms with Crippen molar-refractivity contribution in [3.05, 3.63) is 75.7 Å². The topological polar surface area (TPSA) is 93.7 Å². The van der Waals surface area contributed by atoms with Gasteiger partial charge in [-0.1, -0.05) is 45.0 Å². The van der Waals surface area contributed by atoms with Crippen molar-refractivity contribution in [2.24, 2.45) is 11.3 Å². The first-order valence-corrected chi connectivity index (χ1v) is 13.5. The molecular weight excluding hydrogens is 500 g/mol. The number of para-hydroxylation sites is 1. The van der Waals surface area contributed by atoms with Gasteiger partial charge in [-0.2, -0.15) is 0 Å². The Hall–Kier alpha value is -3.65.